The fourth-order valence-corrected chi connectivity index (χ4v) is 1.47. The zero-order valence-corrected chi connectivity index (χ0v) is 10.4. The lowest BCUT2D eigenvalue weighted by Gasteiger charge is -2.14. The van der Waals surface area contributed by atoms with Gasteiger partial charge in [0.05, 0.1) is 6.42 Å². The average Bonchev–Trinajstić information content (AvgIpc) is 2.20. The largest absolute Gasteiger partial charge is 0.480 e. The van der Waals surface area contributed by atoms with Gasteiger partial charge in [0.15, 0.2) is 0 Å². The Kier molecular flexibility index (Phi) is 4.49. The molecule has 0 aliphatic carbocycles. The van der Waals surface area contributed by atoms with Gasteiger partial charge in [-0.05, 0) is 17.7 Å². The summed E-state index contributed by atoms with van der Waals surface area (Å²) in [4.78, 5) is 23.2. The van der Waals surface area contributed by atoms with E-state index in [2.05, 4.69) is 15.9 Å². The van der Waals surface area contributed by atoms with Crippen LogP contribution in [0.2, 0.25) is 0 Å². The van der Waals surface area contributed by atoms with Crippen LogP contribution in [0.15, 0.2) is 28.7 Å². The van der Waals surface area contributed by atoms with Gasteiger partial charge in [-0.2, -0.15) is 0 Å². The molecule has 1 aromatic carbocycles. The molecule has 0 aliphatic heterocycles. The van der Waals surface area contributed by atoms with Gasteiger partial charge in [0.2, 0.25) is 5.91 Å². The summed E-state index contributed by atoms with van der Waals surface area (Å²) in [5.74, 6) is -1.21. The van der Waals surface area contributed by atoms with Crippen molar-refractivity contribution in [2.75, 3.05) is 13.6 Å². The molecule has 4 nitrogen and oxygen atoms in total. The molecule has 1 N–H and O–H groups in total. The van der Waals surface area contributed by atoms with Gasteiger partial charge in [-0.3, -0.25) is 9.59 Å². The zero-order chi connectivity index (χ0) is 12.1. The summed E-state index contributed by atoms with van der Waals surface area (Å²) in [7, 11) is 1.48. The topological polar surface area (TPSA) is 57.6 Å². The summed E-state index contributed by atoms with van der Waals surface area (Å²) in [6, 6.07) is 7.35. The van der Waals surface area contributed by atoms with E-state index >= 15 is 0 Å². The van der Waals surface area contributed by atoms with Crippen molar-refractivity contribution in [3.05, 3.63) is 34.3 Å². The Balaban J connectivity index is 2.57. The van der Waals surface area contributed by atoms with E-state index in [9.17, 15) is 9.59 Å². The number of carbonyl (C=O) groups excluding carboxylic acids is 1. The minimum atomic E-state index is -1.01. The third-order valence-electron chi connectivity index (χ3n) is 2.07. The number of nitrogens with zero attached hydrogens (tertiary/aromatic N) is 1. The standard InChI is InChI=1S/C11H12BrNO3/c1-13(7-11(15)16)10(14)6-8-2-4-9(12)5-3-8/h2-5H,6-7H2,1H3,(H,15,16). The highest BCUT2D eigenvalue weighted by atomic mass is 79.9. The van der Waals surface area contributed by atoms with Crippen LogP contribution in [-0.2, 0) is 16.0 Å². The molecule has 0 aromatic heterocycles. The van der Waals surface area contributed by atoms with E-state index in [0.717, 1.165) is 10.0 Å². The number of halogens is 1. The lowest BCUT2D eigenvalue weighted by molar-refractivity contribution is -0.143. The highest BCUT2D eigenvalue weighted by Gasteiger charge is 2.12. The van der Waals surface area contributed by atoms with Crippen LogP contribution in [0, 0.1) is 0 Å². The molecule has 0 aliphatic rings. The lowest BCUT2D eigenvalue weighted by Crippen LogP contribution is -2.33. The first-order chi connectivity index (χ1) is 7.49. The second-order valence-corrected chi connectivity index (χ2v) is 4.36. The van der Waals surface area contributed by atoms with Gasteiger partial charge in [-0.25, -0.2) is 0 Å². The second-order valence-electron chi connectivity index (χ2n) is 3.45. The molecule has 0 unspecified atom stereocenters. The van der Waals surface area contributed by atoms with Crippen LogP contribution in [0.5, 0.6) is 0 Å². The second kappa shape index (κ2) is 5.65. The fraction of sp³-hybridized carbons (Fsp3) is 0.273. The van der Waals surface area contributed by atoms with E-state index in [1.54, 1.807) is 0 Å². The van der Waals surface area contributed by atoms with E-state index in [-0.39, 0.29) is 18.9 Å². The molecule has 86 valence electrons. The highest BCUT2D eigenvalue weighted by molar-refractivity contribution is 9.10. The number of carbonyl (C=O) groups is 2. The maximum Gasteiger partial charge on any atom is 0.323 e. The first kappa shape index (κ1) is 12.7. The van der Waals surface area contributed by atoms with Gasteiger partial charge in [0, 0.05) is 11.5 Å². The molecule has 0 atom stereocenters. The van der Waals surface area contributed by atoms with E-state index < -0.39 is 5.97 Å². The quantitative estimate of drug-likeness (QED) is 0.913. The molecule has 5 heteroatoms. The molecular weight excluding hydrogens is 274 g/mol. The van der Waals surface area contributed by atoms with Gasteiger partial charge in [-0.1, -0.05) is 28.1 Å². The van der Waals surface area contributed by atoms with Crippen LogP contribution in [0.25, 0.3) is 0 Å². The molecular formula is C11H12BrNO3. The van der Waals surface area contributed by atoms with Crippen molar-refractivity contribution in [1.29, 1.82) is 0 Å². The number of rotatable bonds is 4. The first-order valence-electron chi connectivity index (χ1n) is 4.69. The van der Waals surface area contributed by atoms with Crippen molar-refractivity contribution in [2.24, 2.45) is 0 Å². The summed E-state index contributed by atoms with van der Waals surface area (Å²) in [5.41, 5.74) is 0.866. The number of likely N-dealkylation sites (N-methyl/N-ethyl adjacent to an activating group) is 1. The smallest absolute Gasteiger partial charge is 0.323 e. The molecule has 16 heavy (non-hydrogen) atoms. The first-order valence-corrected chi connectivity index (χ1v) is 5.48. The minimum Gasteiger partial charge on any atom is -0.480 e. The summed E-state index contributed by atoms with van der Waals surface area (Å²) >= 11 is 3.30. The number of carboxylic acid groups (broad SMARTS) is 1. The number of hydrogen-bond donors (Lipinski definition) is 1. The zero-order valence-electron chi connectivity index (χ0n) is 8.81. The summed E-state index contributed by atoms with van der Waals surface area (Å²) in [5, 5.41) is 8.54. The Morgan fingerprint density at radius 1 is 1.31 bits per heavy atom. The maximum absolute atomic E-state index is 11.6. The molecule has 0 bridgehead atoms. The molecule has 0 fully saturated rings. The van der Waals surface area contributed by atoms with E-state index in [1.807, 2.05) is 24.3 Å². The van der Waals surface area contributed by atoms with Crippen LogP contribution >= 0.6 is 15.9 Å². The Bertz CT molecular complexity index is 389. The summed E-state index contributed by atoms with van der Waals surface area (Å²) in [6.45, 7) is -0.268. The Morgan fingerprint density at radius 3 is 2.38 bits per heavy atom. The third kappa shape index (κ3) is 4.02. The third-order valence-corrected chi connectivity index (χ3v) is 2.60. The van der Waals surface area contributed by atoms with Crippen LogP contribution in [0.1, 0.15) is 5.56 Å². The number of aliphatic carboxylic acids is 1. The van der Waals surface area contributed by atoms with Crippen LogP contribution < -0.4 is 0 Å². The van der Waals surface area contributed by atoms with Crippen LogP contribution in [0.4, 0.5) is 0 Å². The van der Waals surface area contributed by atoms with Crippen LogP contribution in [0.3, 0.4) is 0 Å². The SMILES string of the molecule is CN(CC(=O)O)C(=O)Cc1ccc(Br)cc1. The predicted molar refractivity (Wildman–Crippen MR) is 63.1 cm³/mol. The predicted octanol–water partition coefficient (Wildman–Crippen LogP) is 1.53. The van der Waals surface area contributed by atoms with Crippen molar-refractivity contribution < 1.29 is 14.7 Å². The highest BCUT2D eigenvalue weighted by Crippen LogP contribution is 2.11. The number of benzene rings is 1. The Hall–Kier alpha value is -1.36. The number of hydrogen-bond acceptors (Lipinski definition) is 2. The van der Waals surface area contributed by atoms with Crippen molar-refractivity contribution in [1.82, 2.24) is 4.90 Å². The molecule has 1 amide bonds. The monoisotopic (exact) mass is 285 g/mol. The van der Waals surface area contributed by atoms with Crippen molar-refractivity contribution in [2.45, 2.75) is 6.42 Å². The van der Waals surface area contributed by atoms with Crippen molar-refractivity contribution in [3.63, 3.8) is 0 Å². The summed E-state index contributed by atoms with van der Waals surface area (Å²) < 4.78 is 0.947. The molecule has 0 radical (unpaired) electrons. The fourth-order valence-electron chi connectivity index (χ4n) is 1.20. The van der Waals surface area contributed by atoms with E-state index in [4.69, 9.17) is 5.11 Å². The molecule has 1 aromatic rings. The normalized spacial score (nSPS) is 9.88. The summed E-state index contributed by atoms with van der Waals surface area (Å²) in [6.07, 6.45) is 0.219. The van der Waals surface area contributed by atoms with E-state index in [1.165, 1.54) is 11.9 Å². The maximum atomic E-state index is 11.6. The van der Waals surface area contributed by atoms with Gasteiger partial charge >= 0.3 is 5.97 Å². The Labute approximate surface area is 102 Å². The van der Waals surface area contributed by atoms with Gasteiger partial charge < -0.3 is 10.0 Å². The Morgan fingerprint density at radius 2 is 1.88 bits per heavy atom. The molecule has 0 spiro atoms. The van der Waals surface area contributed by atoms with Gasteiger partial charge in [-0.15, -0.1) is 0 Å². The number of amides is 1. The van der Waals surface area contributed by atoms with Crippen molar-refractivity contribution in [3.8, 4) is 0 Å². The lowest BCUT2D eigenvalue weighted by atomic mass is 10.1. The van der Waals surface area contributed by atoms with Gasteiger partial charge in [0.25, 0.3) is 0 Å². The number of carboxylic acids is 1. The average molecular weight is 286 g/mol. The molecule has 0 heterocycles. The minimum absolute atomic E-state index is 0.204. The van der Waals surface area contributed by atoms with Crippen LogP contribution in [-0.4, -0.2) is 35.5 Å². The molecule has 1 rings (SSSR count). The van der Waals surface area contributed by atoms with E-state index in [0.29, 0.717) is 0 Å². The van der Waals surface area contributed by atoms with Gasteiger partial charge in [0.1, 0.15) is 6.54 Å². The van der Waals surface area contributed by atoms with Crippen molar-refractivity contribution >= 4 is 27.8 Å². The molecule has 0 saturated carbocycles. The molecule has 0 saturated heterocycles.